The molecule has 0 radical (unpaired) electrons. The monoisotopic (exact) mass is 511 g/mol. The highest BCUT2D eigenvalue weighted by molar-refractivity contribution is 7.21. The molecule has 0 bridgehead atoms. The summed E-state index contributed by atoms with van der Waals surface area (Å²) in [6, 6.07) is 23.8. The van der Waals surface area contributed by atoms with Gasteiger partial charge in [-0.15, -0.1) is 11.3 Å². The zero-order valence-corrected chi connectivity index (χ0v) is 21.2. The first-order valence-corrected chi connectivity index (χ1v) is 12.5. The second kappa shape index (κ2) is 9.57. The molecule has 2 heterocycles. The molecule has 0 unspecified atom stereocenters. The molecule has 0 saturated carbocycles. The summed E-state index contributed by atoms with van der Waals surface area (Å²) in [5, 5.41) is 4.11. The van der Waals surface area contributed by atoms with Gasteiger partial charge in [-0.3, -0.25) is 9.59 Å². The summed E-state index contributed by atoms with van der Waals surface area (Å²) in [5.74, 6) is -0.496. The van der Waals surface area contributed by atoms with Crippen molar-refractivity contribution in [2.24, 2.45) is 0 Å². The lowest BCUT2D eigenvalue weighted by atomic mass is 9.94. The summed E-state index contributed by atoms with van der Waals surface area (Å²) < 4.78 is 0. The standard InChI is InChI=1S/C29H22ClN3O2S/c1-16-9-6-7-14-21(16)33-28(35)22-17(2)32-29-24(23(22)19-12-8-13-20(30)15-19)25(31)27(36-29)26(34)18-10-4-3-5-11-18/h3-15H,31H2,1-2H3,(H,33,35). The highest BCUT2D eigenvalue weighted by Crippen LogP contribution is 2.43. The van der Waals surface area contributed by atoms with Crippen LogP contribution in [0.5, 0.6) is 0 Å². The summed E-state index contributed by atoms with van der Waals surface area (Å²) >= 11 is 7.58. The van der Waals surface area contributed by atoms with Gasteiger partial charge in [-0.1, -0.05) is 72.3 Å². The van der Waals surface area contributed by atoms with Crippen LogP contribution in [-0.4, -0.2) is 16.7 Å². The molecule has 2 aromatic heterocycles. The number of hydrogen-bond acceptors (Lipinski definition) is 5. The Hall–Kier alpha value is -4.00. The smallest absolute Gasteiger partial charge is 0.258 e. The molecule has 5 rings (SSSR count). The first-order chi connectivity index (χ1) is 17.3. The van der Waals surface area contributed by atoms with Gasteiger partial charge in [0.1, 0.15) is 9.71 Å². The molecule has 178 valence electrons. The van der Waals surface area contributed by atoms with Gasteiger partial charge in [0, 0.05) is 27.2 Å². The molecular formula is C29H22ClN3O2S. The van der Waals surface area contributed by atoms with Gasteiger partial charge in [0.05, 0.1) is 16.9 Å². The number of fused-ring (bicyclic) bond motifs is 1. The number of ketones is 1. The van der Waals surface area contributed by atoms with Crippen molar-refractivity contribution in [1.29, 1.82) is 0 Å². The van der Waals surface area contributed by atoms with E-state index >= 15 is 0 Å². The average Bonchev–Trinajstić information content (AvgIpc) is 3.20. The fourth-order valence-electron chi connectivity index (χ4n) is 4.26. The number of pyridine rings is 1. The van der Waals surface area contributed by atoms with E-state index in [-0.39, 0.29) is 11.7 Å². The summed E-state index contributed by atoms with van der Waals surface area (Å²) in [6.07, 6.45) is 0. The molecule has 36 heavy (non-hydrogen) atoms. The minimum absolute atomic E-state index is 0.184. The molecule has 1 amide bonds. The van der Waals surface area contributed by atoms with E-state index in [1.807, 2.05) is 61.5 Å². The van der Waals surface area contributed by atoms with Crippen LogP contribution in [0.4, 0.5) is 11.4 Å². The molecule has 7 heteroatoms. The van der Waals surface area contributed by atoms with Crippen molar-refractivity contribution in [3.63, 3.8) is 0 Å². The number of nitrogens with zero attached hydrogens (tertiary/aromatic N) is 1. The average molecular weight is 512 g/mol. The van der Waals surface area contributed by atoms with Gasteiger partial charge < -0.3 is 11.1 Å². The largest absolute Gasteiger partial charge is 0.397 e. The minimum atomic E-state index is -0.312. The van der Waals surface area contributed by atoms with E-state index in [0.29, 0.717) is 53.9 Å². The quantitative estimate of drug-likeness (QED) is 0.242. The van der Waals surface area contributed by atoms with Crippen LogP contribution in [0.3, 0.4) is 0 Å². The van der Waals surface area contributed by atoms with Crippen LogP contribution >= 0.6 is 22.9 Å². The third kappa shape index (κ3) is 4.26. The fraction of sp³-hybridized carbons (Fsp3) is 0.0690. The number of nitrogens with two attached hydrogens (primary N) is 1. The molecule has 0 aliphatic carbocycles. The third-order valence-corrected chi connectivity index (χ3v) is 7.37. The maximum Gasteiger partial charge on any atom is 0.258 e. The lowest BCUT2D eigenvalue weighted by Crippen LogP contribution is -2.16. The minimum Gasteiger partial charge on any atom is -0.397 e. The number of carbonyl (C=O) groups is 2. The van der Waals surface area contributed by atoms with Crippen molar-refractivity contribution in [2.45, 2.75) is 13.8 Å². The number of carbonyl (C=O) groups excluding carboxylic acids is 2. The molecule has 0 spiro atoms. The number of thiophene rings is 1. The van der Waals surface area contributed by atoms with Gasteiger partial charge in [0.25, 0.3) is 5.91 Å². The molecule has 3 N–H and O–H groups in total. The Morgan fingerprint density at radius 1 is 0.944 bits per heavy atom. The van der Waals surface area contributed by atoms with Gasteiger partial charge in [-0.2, -0.15) is 0 Å². The summed E-state index contributed by atoms with van der Waals surface area (Å²) in [4.78, 5) is 32.7. The van der Waals surface area contributed by atoms with E-state index in [1.54, 1.807) is 31.2 Å². The van der Waals surface area contributed by atoms with E-state index in [2.05, 4.69) is 5.32 Å². The summed E-state index contributed by atoms with van der Waals surface area (Å²) in [6.45, 7) is 3.72. The second-order valence-electron chi connectivity index (χ2n) is 8.45. The number of para-hydroxylation sites is 1. The SMILES string of the molecule is Cc1ccccc1NC(=O)c1c(C)nc2sc(C(=O)c3ccccc3)c(N)c2c1-c1cccc(Cl)c1. The topological polar surface area (TPSA) is 85.1 Å². The molecule has 5 aromatic rings. The number of benzene rings is 3. The zero-order chi connectivity index (χ0) is 25.4. The Balaban J connectivity index is 1.76. The van der Waals surface area contributed by atoms with Crippen LogP contribution in [0, 0.1) is 13.8 Å². The van der Waals surface area contributed by atoms with Crippen LogP contribution in [-0.2, 0) is 0 Å². The van der Waals surface area contributed by atoms with Gasteiger partial charge >= 0.3 is 0 Å². The Morgan fingerprint density at radius 2 is 1.67 bits per heavy atom. The highest BCUT2D eigenvalue weighted by Gasteiger charge is 2.27. The number of halogens is 1. The summed E-state index contributed by atoms with van der Waals surface area (Å²) in [7, 11) is 0. The van der Waals surface area contributed by atoms with Crippen molar-refractivity contribution in [3.8, 4) is 11.1 Å². The Morgan fingerprint density at radius 3 is 2.39 bits per heavy atom. The zero-order valence-electron chi connectivity index (χ0n) is 19.6. The molecule has 5 nitrogen and oxygen atoms in total. The molecule has 3 aromatic carbocycles. The van der Waals surface area contributed by atoms with E-state index in [0.717, 1.165) is 11.1 Å². The highest BCUT2D eigenvalue weighted by atomic mass is 35.5. The van der Waals surface area contributed by atoms with Crippen LogP contribution in [0.2, 0.25) is 5.02 Å². The molecule has 0 aliphatic heterocycles. The predicted molar refractivity (Wildman–Crippen MR) is 148 cm³/mol. The number of nitrogen functional groups attached to an aromatic ring is 1. The Labute approximate surface area is 217 Å². The van der Waals surface area contributed by atoms with Crippen molar-refractivity contribution in [3.05, 3.63) is 111 Å². The van der Waals surface area contributed by atoms with Crippen LogP contribution in [0.1, 0.15) is 36.9 Å². The number of hydrogen-bond donors (Lipinski definition) is 2. The van der Waals surface area contributed by atoms with E-state index < -0.39 is 0 Å². The lowest BCUT2D eigenvalue weighted by Gasteiger charge is -2.16. The van der Waals surface area contributed by atoms with Crippen molar-refractivity contribution in [1.82, 2.24) is 4.98 Å². The number of anilines is 2. The van der Waals surface area contributed by atoms with Crippen molar-refractivity contribution in [2.75, 3.05) is 11.1 Å². The van der Waals surface area contributed by atoms with Crippen LogP contribution in [0.25, 0.3) is 21.3 Å². The fourth-order valence-corrected chi connectivity index (χ4v) is 5.57. The number of aryl methyl sites for hydroxylation is 2. The van der Waals surface area contributed by atoms with Crippen molar-refractivity contribution < 1.29 is 9.59 Å². The van der Waals surface area contributed by atoms with Crippen LogP contribution < -0.4 is 11.1 Å². The number of amides is 1. The molecule has 0 atom stereocenters. The van der Waals surface area contributed by atoms with Crippen molar-refractivity contribution >= 4 is 56.2 Å². The molecule has 0 saturated heterocycles. The predicted octanol–water partition coefficient (Wildman–Crippen LogP) is 7.30. The third-order valence-electron chi connectivity index (χ3n) is 6.03. The number of nitrogens with one attached hydrogen (secondary N) is 1. The van der Waals surface area contributed by atoms with E-state index in [1.165, 1.54) is 11.3 Å². The van der Waals surface area contributed by atoms with Gasteiger partial charge in [0.15, 0.2) is 0 Å². The van der Waals surface area contributed by atoms with Crippen LogP contribution in [0.15, 0.2) is 78.9 Å². The molecular weight excluding hydrogens is 490 g/mol. The lowest BCUT2D eigenvalue weighted by molar-refractivity contribution is 0.102. The van der Waals surface area contributed by atoms with E-state index in [9.17, 15) is 9.59 Å². The van der Waals surface area contributed by atoms with Gasteiger partial charge in [0.2, 0.25) is 5.78 Å². The molecule has 0 aliphatic rings. The van der Waals surface area contributed by atoms with Gasteiger partial charge in [-0.25, -0.2) is 4.98 Å². The summed E-state index contributed by atoms with van der Waals surface area (Å²) in [5.41, 5.74) is 11.4. The maximum absolute atomic E-state index is 13.7. The van der Waals surface area contributed by atoms with Gasteiger partial charge in [-0.05, 0) is 43.2 Å². The molecule has 0 fully saturated rings. The maximum atomic E-state index is 13.7. The Kier molecular flexibility index (Phi) is 6.31. The number of aromatic nitrogens is 1. The Bertz CT molecular complexity index is 1640. The first kappa shape index (κ1) is 23.7. The number of rotatable bonds is 5. The van der Waals surface area contributed by atoms with E-state index in [4.69, 9.17) is 22.3 Å². The normalized spacial score (nSPS) is 11.0. The second-order valence-corrected chi connectivity index (χ2v) is 9.88. The first-order valence-electron chi connectivity index (χ1n) is 11.3.